The van der Waals surface area contributed by atoms with Gasteiger partial charge in [0.15, 0.2) is 10.3 Å². The highest BCUT2D eigenvalue weighted by molar-refractivity contribution is 8.14. The third-order valence-electron chi connectivity index (χ3n) is 3.64. The molecule has 0 atom stereocenters. The van der Waals surface area contributed by atoms with Gasteiger partial charge >= 0.3 is 0 Å². The Morgan fingerprint density at radius 2 is 2.12 bits per heavy atom. The molecule has 0 radical (unpaired) electrons. The lowest BCUT2D eigenvalue weighted by Crippen LogP contribution is -2.35. The molecule has 1 aliphatic heterocycles. The van der Waals surface area contributed by atoms with Gasteiger partial charge in [0.05, 0.1) is 5.69 Å². The topological polar surface area (TPSA) is 27.6 Å². The SMILES string of the molecule is CCc1cccc(/N=C2/SCCN2C(=S)Nc2cccc(Cl)c2)c1. The Labute approximate surface area is 157 Å². The lowest BCUT2D eigenvalue weighted by molar-refractivity contribution is 0.687. The second-order valence-electron chi connectivity index (χ2n) is 5.36. The Morgan fingerprint density at radius 3 is 2.92 bits per heavy atom. The van der Waals surface area contributed by atoms with Crippen molar-refractivity contribution in [1.82, 2.24) is 4.90 Å². The fourth-order valence-electron chi connectivity index (χ4n) is 2.40. The number of nitrogens with zero attached hydrogens (tertiary/aromatic N) is 2. The molecule has 0 aliphatic carbocycles. The molecule has 0 saturated carbocycles. The van der Waals surface area contributed by atoms with Crippen LogP contribution in [0.1, 0.15) is 12.5 Å². The van der Waals surface area contributed by atoms with Gasteiger partial charge in [-0.2, -0.15) is 0 Å². The average Bonchev–Trinajstić information content (AvgIpc) is 3.03. The van der Waals surface area contributed by atoms with E-state index >= 15 is 0 Å². The van der Waals surface area contributed by atoms with Crippen molar-refractivity contribution in [3.8, 4) is 0 Å². The van der Waals surface area contributed by atoms with Crippen molar-refractivity contribution < 1.29 is 0 Å². The van der Waals surface area contributed by atoms with Gasteiger partial charge in [-0.05, 0) is 54.5 Å². The Kier molecular flexibility index (Phi) is 5.76. The maximum absolute atomic E-state index is 6.03. The molecule has 0 spiro atoms. The summed E-state index contributed by atoms with van der Waals surface area (Å²) in [5, 5.41) is 5.51. The van der Waals surface area contributed by atoms with E-state index < -0.39 is 0 Å². The number of hydrogen-bond acceptors (Lipinski definition) is 3. The molecule has 3 nitrogen and oxygen atoms in total. The molecule has 24 heavy (non-hydrogen) atoms. The van der Waals surface area contributed by atoms with E-state index in [4.69, 9.17) is 28.8 Å². The van der Waals surface area contributed by atoms with Gasteiger partial charge in [0, 0.05) is 23.0 Å². The van der Waals surface area contributed by atoms with Crippen molar-refractivity contribution in [3.05, 3.63) is 59.1 Å². The molecule has 6 heteroatoms. The highest BCUT2D eigenvalue weighted by Crippen LogP contribution is 2.25. The van der Waals surface area contributed by atoms with Crippen LogP contribution in [0.2, 0.25) is 5.02 Å². The number of anilines is 1. The zero-order valence-corrected chi connectivity index (χ0v) is 15.7. The van der Waals surface area contributed by atoms with Crippen LogP contribution in [0.5, 0.6) is 0 Å². The van der Waals surface area contributed by atoms with Crippen LogP contribution in [0.4, 0.5) is 11.4 Å². The van der Waals surface area contributed by atoms with Gasteiger partial charge < -0.3 is 5.32 Å². The predicted octanol–water partition coefficient (Wildman–Crippen LogP) is 5.34. The first-order valence-corrected chi connectivity index (χ1v) is 9.57. The minimum atomic E-state index is 0.646. The Hall–Kier alpha value is -1.56. The lowest BCUT2D eigenvalue weighted by Gasteiger charge is -2.20. The average molecular weight is 376 g/mol. The largest absolute Gasteiger partial charge is 0.332 e. The van der Waals surface area contributed by atoms with Crippen LogP contribution in [0.3, 0.4) is 0 Å². The summed E-state index contributed by atoms with van der Waals surface area (Å²) in [4.78, 5) is 6.82. The summed E-state index contributed by atoms with van der Waals surface area (Å²) in [5.74, 6) is 0.976. The van der Waals surface area contributed by atoms with Gasteiger partial charge in [0.2, 0.25) is 0 Å². The summed E-state index contributed by atoms with van der Waals surface area (Å²) in [7, 11) is 0. The van der Waals surface area contributed by atoms with E-state index in [1.165, 1.54) is 5.56 Å². The van der Waals surface area contributed by atoms with Crippen LogP contribution in [0, 0.1) is 0 Å². The third kappa shape index (κ3) is 4.29. The van der Waals surface area contributed by atoms with Crippen LogP contribution in [-0.4, -0.2) is 27.5 Å². The first-order valence-electron chi connectivity index (χ1n) is 7.80. The summed E-state index contributed by atoms with van der Waals surface area (Å²) in [6, 6.07) is 15.9. The van der Waals surface area contributed by atoms with E-state index in [1.807, 2.05) is 41.3 Å². The molecular formula is C18H18ClN3S2. The number of thioether (sulfide) groups is 1. The normalized spacial score (nSPS) is 15.8. The Morgan fingerprint density at radius 1 is 1.29 bits per heavy atom. The number of aliphatic imine (C=N–C) groups is 1. The van der Waals surface area contributed by atoms with E-state index in [0.29, 0.717) is 10.1 Å². The first kappa shape index (κ1) is 17.3. The summed E-state index contributed by atoms with van der Waals surface area (Å²) in [5.41, 5.74) is 3.14. The molecule has 1 saturated heterocycles. The third-order valence-corrected chi connectivity index (χ3v) is 5.16. The van der Waals surface area contributed by atoms with Crippen LogP contribution >= 0.6 is 35.6 Å². The van der Waals surface area contributed by atoms with Gasteiger partial charge in [-0.1, -0.05) is 48.5 Å². The zero-order chi connectivity index (χ0) is 16.9. The molecular weight excluding hydrogens is 358 g/mol. The minimum Gasteiger partial charge on any atom is -0.332 e. The molecule has 0 unspecified atom stereocenters. The molecule has 1 heterocycles. The number of benzene rings is 2. The summed E-state index contributed by atoms with van der Waals surface area (Å²) >= 11 is 13.3. The summed E-state index contributed by atoms with van der Waals surface area (Å²) in [6.45, 7) is 3.00. The number of thiocarbonyl (C=S) groups is 1. The van der Waals surface area contributed by atoms with E-state index in [0.717, 1.165) is 35.3 Å². The van der Waals surface area contributed by atoms with E-state index in [1.54, 1.807) is 11.8 Å². The quantitative estimate of drug-likeness (QED) is 0.733. The second-order valence-corrected chi connectivity index (χ2v) is 7.24. The van der Waals surface area contributed by atoms with Crippen LogP contribution in [0.15, 0.2) is 53.5 Å². The van der Waals surface area contributed by atoms with Crippen LogP contribution < -0.4 is 5.32 Å². The number of hydrogen-bond donors (Lipinski definition) is 1. The van der Waals surface area contributed by atoms with Gasteiger partial charge in [-0.3, -0.25) is 4.90 Å². The van der Waals surface area contributed by atoms with Crippen molar-refractivity contribution in [2.75, 3.05) is 17.6 Å². The van der Waals surface area contributed by atoms with Gasteiger partial charge in [0.25, 0.3) is 0 Å². The standard InChI is InChI=1S/C18H18ClN3S2/c1-2-13-5-3-7-15(11-13)21-18-22(9-10-24-18)17(23)20-16-8-4-6-14(19)12-16/h3-8,11-12H,2,9-10H2,1H3,(H,20,23)/b21-18+. The van der Waals surface area contributed by atoms with Crippen LogP contribution in [-0.2, 0) is 6.42 Å². The number of rotatable bonds is 3. The van der Waals surface area contributed by atoms with E-state index in [9.17, 15) is 0 Å². The van der Waals surface area contributed by atoms with Gasteiger partial charge in [-0.15, -0.1) is 0 Å². The van der Waals surface area contributed by atoms with E-state index in [2.05, 4.69) is 24.4 Å². The fourth-order valence-corrected chi connectivity index (χ4v) is 3.90. The smallest absolute Gasteiger partial charge is 0.179 e. The van der Waals surface area contributed by atoms with Crippen molar-refractivity contribution in [2.24, 2.45) is 4.99 Å². The van der Waals surface area contributed by atoms with Gasteiger partial charge in [-0.25, -0.2) is 4.99 Å². The second kappa shape index (κ2) is 8.01. The predicted molar refractivity (Wildman–Crippen MR) is 110 cm³/mol. The van der Waals surface area contributed by atoms with Gasteiger partial charge in [0.1, 0.15) is 0 Å². The molecule has 1 fully saturated rings. The summed E-state index contributed by atoms with van der Waals surface area (Å²) in [6.07, 6.45) is 1.00. The monoisotopic (exact) mass is 375 g/mol. The maximum atomic E-state index is 6.03. The molecule has 0 amide bonds. The zero-order valence-electron chi connectivity index (χ0n) is 13.3. The molecule has 124 valence electrons. The molecule has 3 rings (SSSR count). The Bertz CT molecular complexity index is 776. The number of aryl methyl sites for hydroxylation is 1. The highest BCUT2D eigenvalue weighted by atomic mass is 35.5. The fraction of sp³-hybridized carbons (Fsp3) is 0.222. The molecule has 0 bridgehead atoms. The van der Waals surface area contributed by atoms with Crippen molar-refractivity contribution in [1.29, 1.82) is 0 Å². The van der Waals surface area contributed by atoms with E-state index in [-0.39, 0.29) is 0 Å². The maximum Gasteiger partial charge on any atom is 0.179 e. The van der Waals surface area contributed by atoms with Crippen molar-refractivity contribution in [3.63, 3.8) is 0 Å². The minimum absolute atomic E-state index is 0.646. The lowest BCUT2D eigenvalue weighted by atomic mass is 10.1. The van der Waals surface area contributed by atoms with Crippen molar-refractivity contribution >= 4 is 57.2 Å². The first-order chi connectivity index (χ1) is 11.7. The van der Waals surface area contributed by atoms with Crippen LogP contribution in [0.25, 0.3) is 0 Å². The molecule has 2 aromatic carbocycles. The highest BCUT2D eigenvalue weighted by Gasteiger charge is 2.23. The molecule has 1 aliphatic rings. The van der Waals surface area contributed by atoms with Crippen molar-refractivity contribution in [2.45, 2.75) is 13.3 Å². The number of nitrogens with one attached hydrogen (secondary N) is 1. The number of halogens is 1. The number of amidine groups is 1. The molecule has 0 aromatic heterocycles. The summed E-state index contributed by atoms with van der Waals surface area (Å²) < 4.78 is 0. The molecule has 1 N–H and O–H groups in total. The molecule has 2 aromatic rings. The Balaban J connectivity index is 1.77.